The van der Waals surface area contributed by atoms with Gasteiger partial charge in [0.05, 0.1) is 12.9 Å². The normalized spacial score (nSPS) is 40.2. The van der Waals surface area contributed by atoms with Gasteiger partial charge in [0.2, 0.25) is 0 Å². The molecule has 5 unspecified atom stereocenters. The SMILES string of the molecule is CCNCCCCOC=C1C=C2CCC3C4CCC(=O)C4(C)CCC3C2(C)CC1. The number of hydrogen-bond acceptors (Lipinski definition) is 3. The van der Waals surface area contributed by atoms with Crippen LogP contribution in [0.5, 0.6) is 0 Å². The second-order valence-corrected chi connectivity index (χ2v) is 10.5. The van der Waals surface area contributed by atoms with E-state index in [4.69, 9.17) is 4.74 Å². The zero-order valence-corrected chi connectivity index (χ0v) is 18.9. The van der Waals surface area contributed by atoms with Gasteiger partial charge in [-0.05, 0) is 99.6 Å². The number of ketones is 1. The molecule has 0 radical (unpaired) electrons. The summed E-state index contributed by atoms with van der Waals surface area (Å²) in [5.41, 5.74) is 3.40. The van der Waals surface area contributed by atoms with Crippen LogP contribution in [0.4, 0.5) is 0 Å². The molecule has 1 N–H and O–H groups in total. The molecule has 3 fully saturated rings. The second kappa shape index (κ2) is 8.57. The highest BCUT2D eigenvalue weighted by Gasteiger charge is 2.58. The molecule has 4 rings (SSSR count). The molecule has 0 bridgehead atoms. The molecule has 0 aromatic carbocycles. The minimum atomic E-state index is -0.00103. The van der Waals surface area contributed by atoms with Crippen molar-refractivity contribution in [3.8, 4) is 0 Å². The Hall–Kier alpha value is -1.09. The lowest BCUT2D eigenvalue weighted by Crippen LogP contribution is -2.50. The van der Waals surface area contributed by atoms with E-state index < -0.39 is 0 Å². The molecule has 4 aliphatic rings. The molecule has 0 aliphatic heterocycles. The first kappa shape index (κ1) is 21.2. The molecule has 5 atom stereocenters. The predicted molar refractivity (Wildman–Crippen MR) is 119 cm³/mol. The summed E-state index contributed by atoms with van der Waals surface area (Å²) in [4.78, 5) is 12.6. The molecule has 0 aromatic rings. The number of unbranched alkanes of at least 4 members (excludes halogenated alkanes) is 1. The zero-order valence-electron chi connectivity index (χ0n) is 18.9. The fourth-order valence-electron chi connectivity index (χ4n) is 7.25. The van der Waals surface area contributed by atoms with Crippen molar-refractivity contribution in [3.63, 3.8) is 0 Å². The van der Waals surface area contributed by atoms with E-state index in [1.54, 1.807) is 5.57 Å². The lowest BCUT2D eigenvalue weighted by molar-refractivity contribution is -0.132. The fourth-order valence-corrected chi connectivity index (χ4v) is 7.25. The van der Waals surface area contributed by atoms with Crippen molar-refractivity contribution in [2.24, 2.45) is 28.6 Å². The predicted octanol–water partition coefficient (Wildman–Crippen LogP) is 5.81. The van der Waals surface area contributed by atoms with E-state index in [0.717, 1.165) is 63.6 Å². The van der Waals surface area contributed by atoms with Crippen LogP contribution >= 0.6 is 0 Å². The van der Waals surface area contributed by atoms with Crippen LogP contribution in [-0.2, 0) is 9.53 Å². The summed E-state index contributed by atoms with van der Waals surface area (Å²) in [6.07, 6.45) is 16.1. The standard InChI is InChI=1S/C26H41NO2/c1-4-27-15-5-6-16-29-18-19-11-13-25(2)20(17-19)7-8-21-22-9-10-24(28)26(22,3)14-12-23(21)25/h17-18,21-23,27H,4-16H2,1-3H3. The van der Waals surface area contributed by atoms with Gasteiger partial charge in [-0.25, -0.2) is 0 Å². The van der Waals surface area contributed by atoms with Crippen molar-refractivity contribution in [2.45, 2.75) is 85.0 Å². The molecule has 3 heteroatoms. The van der Waals surface area contributed by atoms with Crippen molar-refractivity contribution in [1.29, 1.82) is 0 Å². The average Bonchev–Trinajstić information content (AvgIpc) is 3.02. The number of allylic oxidation sites excluding steroid dienone is 3. The van der Waals surface area contributed by atoms with Crippen LogP contribution in [0, 0.1) is 28.6 Å². The van der Waals surface area contributed by atoms with Crippen molar-refractivity contribution in [1.82, 2.24) is 5.32 Å². The highest BCUT2D eigenvalue weighted by Crippen LogP contribution is 2.64. The molecule has 0 spiro atoms. The summed E-state index contributed by atoms with van der Waals surface area (Å²) < 4.78 is 5.88. The Morgan fingerprint density at radius 2 is 1.90 bits per heavy atom. The second-order valence-electron chi connectivity index (χ2n) is 10.5. The number of hydrogen-bond donors (Lipinski definition) is 1. The van der Waals surface area contributed by atoms with Gasteiger partial charge >= 0.3 is 0 Å². The molecule has 29 heavy (non-hydrogen) atoms. The van der Waals surface area contributed by atoms with Crippen molar-refractivity contribution in [2.75, 3.05) is 19.7 Å². The Morgan fingerprint density at radius 1 is 1.07 bits per heavy atom. The minimum Gasteiger partial charge on any atom is -0.501 e. The Labute approximate surface area is 177 Å². The van der Waals surface area contributed by atoms with Gasteiger partial charge in [0.25, 0.3) is 0 Å². The summed E-state index contributed by atoms with van der Waals surface area (Å²) in [5, 5.41) is 3.37. The minimum absolute atomic E-state index is 0.00103. The van der Waals surface area contributed by atoms with E-state index in [2.05, 4.69) is 32.2 Å². The van der Waals surface area contributed by atoms with E-state index in [9.17, 15) is 4.79 Å². The fraction of sp³-hybridized carbons (Fsp3) is 0.808. The molecule has 0 heterocycles. The highest BCUT2D eigenvalue weighted by atomic mass is 16.5. The zero-order chi connectivity index (χ0) is 20.5. The summed E-state index contributed by atoms with van der Waals surface area (Å²) in [7, 11) is 0. The number of carbonyl (C=O) groups excluding carboxylic acids is 1. The maximum absolute atomic E-state index is 12.6. The molecular formula is C26H41NO2. The number of ether oxygens (including phenoxy) is 1. The molecule has 3 nitrogen and oxygen atoms in total. The molecule has 0 saturated heterocycles. The van der Waals surface area contributed by atoms with Crippen molar-refractivity contribution in [3.05, 3.63) is 23.5 Å². The number of Topliss-reactive ketones (excluding diaryl/α,β-unsaturated/α-hetero) is 1. The summed E-state index contributed by atoms with van der Waals surface area (Å²) in [6, 6.07) is 0. The summed E-state index contributed by atoms with van der Waals surface area (Å²) >= 11 is 0. The number of nitrogens with one attached hydrogen (secondary N) is 1. The number of carbonyl (C=O) groups is 1. The van der Waals surface area contributed by atoms with Crippen molar-refractivity contribution >= 4 is 5.78 Å². The lowest BCUT2D eigenvalue weighted by Gasteiger charge is -2.57. The van der Waals surface area contributed by atoms with E-state index in [1.807, 2.05) is 6.26 Å². The van der Waals surface area contributed by atoms with Crippen LogP contribution in [-0.4, -0.2) is 25.5 Å². The molecular weight excluding hydrogens is 358 g/mol. The molecule has 4 aliphatic carbocycles. The van der Waals surface area contributed by atoms with Gasteiger partial charge in [0.15, 0.2) is 0 Å². The first-order valence-electron chi connectivity index (χ1n) is 12.2. The Morgan fingerprint density at radius 3 is 2.72 bits per heavy atom. The number of rotatable bonds is 7. The maximum Gasteiger partial charge on any atom is 0.139 e. The maximum atomic E-state index is 12.6. The van der Waals surface area contributed by atoms with Gasteiger partial charge in [-0.2, -0.15) is 0 Å². The average molecular weight is 400 g/mol. The highest BCUT2D eigenvalue weighted by molar-refractivity contribution is 5.87. The van der Waals surface area contributed by atoms with Gasteiger partial charge in [-0.3, -0.25) is 4.79 Å². The van der Waals surface area contributed by atoms with Crippen molar-refractivity contribution < 1.29 is 9.53 Å². The molecule has 162 valence electrons. The van der Waals surface area contributed by atoms with E-state index in [1.165, 1.54) is 37.7 Å². The van der Waals surface area contributed by atoms with Gasteiger partial charge in [-0.15, -0.1) is 0 Å². The monoisotopic (exact) mass is 399 g/mol. The smallest absolute Gasteiger partial charge is 0.139 e. The Balaban J connectivity index is 1.39. The van der Waals surface area contributed by atoms with Gasteiger partial charge in [0.1, 0.15) is 5.78 Å². The van der Waals surface area contributed by atoms with Crippen LogP contribution in [0.2, 0.25) is 0 Å². The quantitative estimate of drug-likeness (QED) is 0.434. The Bertz CT molecular complexity index is 680. The third kappa shape index (κ3) is 3.84. The van der Waals surface area contributed by atoms with Crippen LogP contribution in [0.1, 0.15) is 85.0 Å². The Kier molecular flexibility index (Phi) is 6.25. The molecule has 0 aromatic heterocycles. The lowest BCUT2D eigenvalue weighted by atomic mass is 9.47. The molecule has 0 amide bonds. The topological polar surface area (TPSA) is 38.3 Å². The van der Waals surface area contributed by atoms with Gasteiger partial charge in [-0.1, -0.05) is 32.4 Å². The van der Waals surface area contributed by atoms with Crippen LogP contribution in [0.3, 0.4) is 0 Å². The van der Waals surface area contributed by atoms with Gasteiger partial charge in [0, 0.05) is 11.8 Å². The van der Waals surface area contributed by atoms with E-state index in [0.29, 0.717) is 17.1 Å². The number of fused-ring (bicyclic) bond motifs is 5. The first-order chi connectivity index (χ1) is 14.0. The third-order valence-corrected chi connectivity index (χ3v) is 9.09. The first-order valence-corrected chi connectivity index (χ1v) is 12.2. The summed E-state index contributed by atoms with van der Waals surface area (Å²) in [5.74, 6) is 2.75. The van der Waals surface area contributed by atoms with Crippen LogP contribution in [0.25, 0.3) is 0 Å². The van der Waals surface area contributed by atoms with Crippen LogP contribution in [0.15, 0.2) is 23.5 Å². The van der Waals surface area contributed by atoms with Gasteiger partial charge < -0.3 is 10.1 Å². The summed E-state index contributed by atoms with van der Waals surface area (Å²) in [6.45, 7) is 9.94. The third-order valence-electron chi connectivity index (χ3n) is 9.09. The van der Waals surface area contributed by atoms with E-state index in [-0.39, 0.29) is 5.41 Å². The van der Waals surface area contributed by atoms with Crippen LogP contribution < -0.4 is 5.32 Å². The largest absolute Gasteiger partial charge is 0.501 e. The van der Waals surface area contributed by atoms with E-state index >= 15 is 0 Å². The molecule has 3 saturated carbocycles.